The van der Waals surface area contributed by atoms with Crippen molar-refractivity contribution < 1.29 is 43.2 Å². The fraction of sp³-hybridized carbons (Fsp3) is 0.200. The van der Waals surface area contributed by atoms with Crippen LogP contribution in [0.25, 0.3) is 0 Å². The maximum absolute atomic E-state index is 13.0. The highest BCUT2D eigenvalue weighted by molar-refractivity contribution is 7.92. The van der Waals surface area contributed by atoms with Crippen LogP contribution in [0.4, 0.5) is 32.0 Å². The van der Waals surface area contributed by atoms with Crippen LogP contribution in [0.15, 0.2) is 58.3 Å². The summed E-state index contributed by atoms with van der Waals surface area (Å²) in [6.07, 6.45) is -9.72. The first-order chi connectivity index (χ1) is 13.1. The van der Waals surface area contributed by atoms with Crippen LogP contribution in [0.2, 0.25) is 0 Å². The molecule has 0 radical (unpaired) electrons. The molecule has 0 aliphatic rings. The molecule has 0 bridgehead atoms. The van der Waals surface area contributed by atoms with E-state index in [9.17, 15) is 43.2 Å². The third-order valence-corrected chi connectivity index (χ3v) is 6.22. The van der Waals surface area contributed by atoms with E-state index in [4.69, 9.17) is 0 Å². The molecule has 2 aromatic carbocycles. The molecule has 160 valence electrons. The van der Waals surface area contributed by atoms with Gasteiger partial charge in [0.05, 0.1) is 15.4 Å². The quantitative estimate of drug-likeness (QED) is 0.645. The number of nitrogens with one attached hydrogen (secondary N) is 2. The summed E-state index contributed by atoms with van der Waals surface area (Å²) in [7, 11) is -9.22. The zero-order valence-electron chi connectivity index (χ0n) is 14.0. The van der Waals surface area contributed by atoms with E-state index in [0.717, 1.165) is 42.5 Å². The molecular formula is C15H12F6N2O4S2. The van der Waals surface area contributed by atoms with Gasteiger partial charge in [-0.25, -0.2) is 21.6 Å². The number of sulfonamides is 2. The Kier molecular flexibility index (Phi) is 6.20. The number of hydrogen-bond donors (Lipinski definition) is 2. The highest BCUT2D eigenvalue weighted by Crippen LogP contribution is 2.34. The van der Waals surface area contributed by atoms with Gasteiger partial charge in [0.2, 0.25) is 10.0 Å². The summed E-state index contributed by atoms with van der Waals surface area (Å²) in [5.41, 5.74) is -1.69. The summed E-state index contributed by atoms with van der Waals surface area (Å²) in [6, 6.07) is 6.78. The van der Waals surface area contributed by atoms with Gasteiger partial charge in [-0.2, -0.15) is 26.3 Å². The van der Waals surface area contributed by atoms with Crippen LogP contribution in [0, 0.1) is 0 Å². The number of halogens is 6. The van der Waals surface area contributed by atoms with Crippen molar-refractivity contribution in [2.24, 2.45) is 0 Å². The van der Waals surface area contributed by atoms with E-state index in [1.165, 1.54) is 4.72 Å². The van der Waals surface area contributed by atoms with Crippen LogP contribution in [0.1, 0.15) is 5.56 Å². The van der Waals surface area contributed by atoms with Gasteiger partial charge in [-0.05, 0) is 36.4 Å². The smallest absolute Gasteiger partial charge is 0.280 e. The number of anilines is 1. The first-order valence-corrected chi connectivity index (χ1v) is 10.4. The van der Waals surface area contributed by atoms with Gasteiger partial charge in [0.25, 0.3) is 10.0 Å². The van der Waals surface area contributed by atoms with E-state index in [-0.39, 0.29) is 5.69 Å². The molecule has 14 heteroatoms. The maximum Gasteiger partial charge on any atom is 0.417 e. The van der Waals surface area contributed by atoms with Gasteiger partial charge in [0.15, 0.2) is 0 Å². The van der Waals surface area contributed by atoms with Crippen molar-refractivity contribution in [1.82, 2.24) is 4.72 Å². The second-order valence-corrected chi connectivity index (χ2v) is 8.98. The maximum atomic E-state index is 13.0. The minimum absolute atomic E-state index is 0.295. The summed E-state index contributed by atoms with van der Waals surface area (Å²) in [6.45, 7) is -1.81. The van der Waals surface area contributed by atoms with Gasteiger partial charge in [0.1, 0.15) is 6.54 Å². The highest BCUT2D eigenvalue weighted by atomic mass is 32.2. The van der Waals surface area contributed by atoms with Gasteiger partial charge in [-0.1, -0.05) is 12.1 Å². The van der Waals surface area contributed by atoms with Crippen LogP contribution in [0.3, 0.4) is 0 Å². The predicted octanol–water partition coefficient (Wildman–Crippen LogP) is 3.35. The molecule has 0 unspecified atom stereocenters. The Morgan fingerprint density at radius 1 is 0.759 bits per heavy atom. The summed E-state index contributed by atoms with van der Waals surface area (Å²) < 4.78 is 127. The van der Waals surface area contributed by atoms with E-state index in [1.54, 1.807) is 0 Å². The fourth-order valence-corrected chi connectivity index (χ4v) is 4.41. The molecule has 2 N–H and O–H groups in total. The average molecular weight is 462 g/mol. The second kappa shape index (κ2) is 7.84. The summed E-state index contributed by atoms with van der Waals surface area (Å²) >= 11 is 0. The molecule has 0 heterocycles. The number of hydrogen-bond acceptors (Lipinski definition) is 4. The van der Waals surface area contributed by atoms with Crippen molar-refractivity contribution in [2.45, 2.75) is 22.1 Å². The van der Waals surface area contributed by atoms with Crippen molar-refractivity contribution in [3.63, 3.8) is 0 Å². The Morgan fingerprint density at radius 2 is 1.31 bits per heavy atom. The molecule has 6 nitrogen and oxygen atoms in total. The lowest BCUT2D eigenvalue weighted by molar-refractivity contribution is -0.139. The fourth-order valence-electron chi connectivity index (χ4n) is 2.11. The van der Waals surface area contributed by atoms with E-state index in [1.807, 2.05) is 4.72 Å². The molecule has 0 atom stereocenters. The van der Waals surface area contributed by atoms with E-state index >= 15 is 0 Å². The van der Waals surface area contributed by atoms with Gasteiger partial charge in [0, 0.05) is 5.69 Å². The van der Waals surface area contributed by atoms with Gasteiger partial charge in [-0.3, -0.25) is 4.72 Å². The lowest BCUT2D eigenvalue weighted by Crippen LogP contribution is -2.33. The molecule has 0 aliphatic carbocycles. The average Bonchev–Trinajstić information content (AvgIpc) is 2.59. The van der Waals surface area contributed by atoms with E-state index in [2.05, 4.69) is 0 Å². The standard InChI is InChI=1S/C15H12F6N2O4S2/c16-14(17,18)9-22-28(24,25)11-7-5-10(6-8-11)23-29(26,27)13-4-2-1-3-12(13)15(19,20)21/h1-8,22-23H,9H2. The molecule has 0 spiro atoms. The third-order valence-electron chi connectivity index (χ3n) is 3.36. The molecule has 0 aromatic heterocycles. The van der Waals surface area contributed by atoms with Crippen molar-refractivity contribution in [3.05, 3.63) is 54.1 Å². The highest BCUT2D eigenvalue weighted by Gasteiger charge is 2.37. The Morgan fingerprint density at radius 3 is 1.83 bits per heavy atom. The van der Waals surface area contributed by atoms with Crippen LogP contribution in [0.5, 0.6) is 0 Å². The Hall–Kier alpha value is -2.32. The first kappa shape index (κ1) is 23.0. The van der Waals surface area contributed by atoms with Crippen molar-refractivity contribution in [3.8, 4) is 0 Å². The topological polar surface area (TPSA) is 92.3 Å². The zero-order chi connectivity index (χ0) is 22.1. The Bertz CT molecular complexity index is 1080. The zero-order valence-corrected chi connectivity index (χ0v) is 15.7. The lowest BCUT2D eigenvalue weighted by atomic mass is 10.2. The second-order valence-electron chi connectivity index (χ2n) is 5.56. The van der Waals surface area contributed by atoms with Gasteiger partial charge >= 0.3 is 12.4 Å². The normalized spacial score (nSPS) is 13.3. The molecule has 2 rings (SSSR count). The first-order valence-electron chi connectivity index (χ1n) is 7.47. The van der Waals surface area contributed by atoms with Crippen LogP contribution >= 0.6 is 0 Å². The summed E-state index contributed by atoms with van der Waals surface area (Å²) in [4.78, 5) is -1.64. The van der Waals surface area contributed by atoms with Crippen LogP contribution in [-0.4, -0.2) is 29.6 Å². The van der Waals surface area contributed by atoms with Gasteiger partial charge < -0.3 is 0 Å². The Labute approximate surface area is 161 Å². The molecule has 0 aliphatic heterocycles. The molecule has 0 fully saturated rings. The SMILES string of the molecule is O=S(=O)(NCC(F)(F)F)c1ccc(NS(=O)(=O)c2ccccc2C(F)(F)F)cc1. The van der Waals surface area contributed by atoms with Crippen LogP contribution in [-0.2, 0) is 26.2 Å². The Balaban J connectivity index is 2.26. The minimum Gasteiger partial charge on any atom is -0.280 e. The van der Waals surface area contributed by atoms with Gasteiger partial charge in [-0.15, -0.1) is 0 Å². The van der Waals surface area contributed by atoms with Crippen molar-refractivity contribution >= 4 is 25.7 Å². The molecule has 0 saturated heterocycles. The van der Waals surface area contributed by atoms with E-state index < -0.39 is 54.3 Å². The van der Waals surface area contributed by atoms with Crippen molar-refractivity contribution in [2.75, 3.05) is 11.3 Å². The minimum atomic E-state index is -4.94. The van der Waals surface area contributed by atoms with Crippen LogP contribution < -0.4 is 9.44 Å². The summed E-state index contributed by atoms with van der Waals surface area (Å²) in [5.74, 6) is 0. The largest absolute Gasteiger partial charge is 0.417 e. The molecule has 29 heavy (non-hydrogen) atoms. The predicted molar refractivity (Wildman–Crippen MR) is 89.9 cm³/mol. The number of benzene rings is 2. The molecule has 0 amide bonds. The van der Waals surface area contributed by atoms with E-state index in [0.29, 0.717) is 6.07 Å². The molecule has 2 aromatic rings. The molecule has 0 saturated carbocycles. The lowest BCUT2D eigenvalue weighted by Gasteiger charge is -2.14. The van der Waals surface area contributed by atoms with Crippen molar-refractivity contribution in [1.29, 1.82) is 0 Å². The molecular weight excluding hydrogens is 450 g/mol. The number of alkyl halides is 6. The summed E-state index contributed by atoms with van der Waals surface area (Å²) in [5, 5.41) is 0. The number of rotatable bonds is 6. The monoisotopic (exact) mass is 462 g/mol. The third kappa shape index (κ3) is 6.08.